The number of aromatic nitrogens is 1. The maximum atomic E-state index is 12.6. The number of para-hydroxylation sites is 1. The van der Waals surface area contributed by atoms with Crippen molar-refractivity contribution in [3.8, 4) is 0 Å². The van der Waals surface area contributed by atoms with Gasteiger partial charge in [0.25, 0.3) is 10.0 Å². The zero-order valence-corrected chi connectivity index (χ0v) is 12.9. The summed E-state index contributed by atoms with van der Waals surface area (Å²) in [5, 5.41) is 2.97. The van der Waals surface area contributed by atoms with Gasteiger partial charge in [0.15, 0.2) is 0 Å². The van der Waals surface area contributed by atoms with Crippen LogP contribution >= 0.6 is 11.3 Å². The van der Waals surface area contributed by atoms with E-state index < -0.39 is 10.0 Å². The summed E-state index contributed by atoms with van der Waals surface area (Å²) in [5.74, 6) is 0. The molecule has 1 aliphatic heterocycles. The molecular weight excluding hydrogens is 304 g/mol. The van der Waals surface area contributed by atoms with Gasteiger partial charge in [0, 0.05) is 24.3 Å². The monoisotopic (exact) mass is 318 g/mol. The quantitative estimate of drug-likeness (QED) is 0.729. The van der Waals surface area contributed by atoms with Gasteiger partial charge in [-0.3, -0.25) is 0 Å². The van der Waals surface area contributed by atoms with Gasteiger partial charge >= 0.3 is 0 Å². The van der Waals surface area contributed by atoms with Crippen LogP contribution in [-0.4, -0.2) is 23.8 Å². The second-order valence-electron chi connectivity index (χ2n) is 5.12. The lowest BCUT2D eigenvalue weighted by Gasteiger charge is -2.27. The largest absolute Gasteiger partial charge is 0.342 e. The zero-order valence-electron chi connectivity index (χ0n) is 11.3. The lowest BCUT2D eigenvalue weighted by atomic mass is 10.2. The fraction of sp³-hybridized carbons (Fsp3) is 0.200. The highest BCUT2D eigenvalue weighted by Crippen LogP contribution is 2.28. The predicted molar refractivity (Wildman–Crippen MR) is 83.9 cm³/mol. The topological polar surface area (TPSA) is 42.3 Å². The first-order valence-corrected chi connectivity index (χ1v) is 9.09. The average Bonchev–Trinajstić information content (AvgIpc) is 3.14. The molecular formula is C15H14N2O2S2. The predicted octanol–water partition coefficient (Wildman–Crippen LogP) is 2.91. The summed E-state index contributed by atoms with van der Waals surface area (Å²) in [7, 11) is -3.36. The van der Waals surface area contributed by atoms with Gasteiger partial charge in [-0.25, -0.2) is 8.42 Å². The van der Waals surface area contributed by atoms with E-state index in [1.807, 2.05) is 12.1 Å². The summed E-state index contributed by atoms with van der Waals surface area (Å²) >= 11 is 1.27. The number of fused-ring (bicyclic) bond motifs is 3. The van der Waals surface area contributed by atoms with E-state index in [0.717, 1.165) is 5.69 Å². The minimum atomic E-state index is -3.36. The molecule has 0 atom stereocenters. The molecule has 0 N–H and O–H groups in total. The Morgan fingerprint density at radius 2 is 1.90 bits per heavy atom. The van der Waals surface area contributed by atoms with E-state index in [9.17, 15) is 8.42 Å². The van der Waals surface area contributed by atoms with Gasteiger partial charge in [-0.1, -0.05) is 24.3 Å². The molecule has 3 heterocycles. The first kappa shape index (κ1) is 13.1. The van der Waals surface area contributed by atoms with E-state index >= 15 is 0 Å². The molecule has 0 unspecified atom stereocenters. The van der Waals surface area contributed by atoms with Crippen molar-refractivity contribution in [3.05, 3.63) is 53.5 Å². The molecule has 4 rings (SSSR count). The Balaban J connectivity index is 1.74. The molecule has 0 saturated heterocycles. The summed E-state index contributed by atoms with van der Waals surface area (Å²) < 4.78 is 29.4. The maximum Gasteiger partial charge on any atom is 0.252 e. The van der Waals surface area contributed by atoms with Gasteiger partial charge in [-0.05, 0) is 29.0 Å². The summed E-state index contributed by atoms with van der Waals surface area (Å²) in [4.78, 5) is 0. The molecule has 0 bridgehead atoms. The van der Waals surface area contributed by atoms with Crippen LogP contribution in [0.3, 0.4) is 0 Å². The van der Waals surface area contributed by atoms with E-state index in [1.54, 1.807) is 21.8 Å². The molecule has 21 heavy (non-hydrogen) atoms. The molecule has 1 aromatic carbocycles. The fourth-order valence-electron chi connectivity index (χ4n) is 2.88. The van der Waals surface area contributed by atoms with Crippen LogP contribution in [-0.2, 0) is 23.1 Å². The Bertz CT molecular complexity index is 895. The first-order chi connectivity index (χ1) is 10.2. The van der Waals surface area contributed by atoms with Crippen molar-refractivity contribution < 1.29 is 8.42 Å². The number of rotatable bonds is 2. The fourth-order valence-corrected chi connectivity index (χ4v) is 5.42. The van der Waals surface area contributed by atoms with Crippen molar-refractivity contribution in [2.45, 2.75) is 17.3 Å². The number of benzene rings is 1. The number of sulfonamides is 1. The number of hydrogen-bond acceptors (Lipinski definition) is 3. The van der Waals surface area contributed by atoms with Crippen molar-refractivity contribution in [1.82, 2.24) is 8.87 Å². The van der Waals surface area contributed by atoms with Crippen LogP contribution in [0.4, 0.5) is 0 Å². The summed E-state index contributed by atoms with van der Waals surface area (Å²) in [6, 6.07) is 13.7. The van der Waals surface area contributed by atoms with E-state index in [0.29, 0.717) is 23.8 Å². The Kier molecular flexibility index (Phi) is 2.92. The lowest BCUT2D eigenvalue weighted by Crippen LogP contribution is -2.37. The maximum absolute atomic E-state index is 12.6. The zero-order chi connectivity index (χ0) is 14.4. The molecule has 0 spiro atoms. The van der Waals surface area contributed by atoms with Gasteiger partial charge in [0.1, 0.15) is 4.21 Å². The van der Waals surface area contributed by atoms with Gasteiger partial charge in [0.2, 0.25) is 0 Å². The third-order valence-corrected chi connectivity index (χ3v) is 7.12. The Morgan fingerprint density at radius 3 is 2.71 bits per heavy atom. The average molecular weight is 318 g/mol. The normalized spacial score (nSPS) is 16.2. The standard InChI is InChI=1S/C15H14N2O2S2/c18-21(19,15-6-3-9-20-15)16-7-8-17-13(11-16)10-12-4-1-2-5-14(12)17/h1-6,9-10H,7-8,11H2. The van der Waals surface area contributed by atoms with Crippen LogP contribution in [0.15, 0.2) is 52.1 Å². The molecule has 0 radical (unpaired) electrons. The molecule has 108 valence electrons. The summed E-state index contributed by atoms with van der Waals surface area (Å²) in [6.45, 7) is 1.66. The third kappa shape index (κ3) is 2.02. The number of thiophene rings is 1. The van der Waals surface area contributed by atoms with E-state index in [2.05, 4.69) is 22.8 Å². The molecule has 2 aromatic heterocycles. The van der Waals surface area contributed by atoms with Crippen molar-refractivity contribution in [3.63, 3.8) is 0 Å². The van der Waals surface area contributed by atoms with Crippen LogP contribution in [0.5, 0.6) is 0 Å². The Labute approximate surface area is 127 Å². The Morgan fingerprint density at radius 1 is 1.05 bits per heavy atom. The van der Waals surface area contributed by atoms with Crippen molar-refractivity contribution in [2.75, 3.05) is 6.54 Å². The van der Waals surface area contributed by atoms with Crippen LogP contribution in [0, 0.1) is 0 Å². The summed E-state index contributed by atoms with van der Waals surface area (Å²) in [5.41, 5.74) is 2.24. The van der Waals surface area contributed by atoms with Gasteiger partial charge in [-0.2, -0.15) is 4.31 Å². The highest BCUT2D eigenvalue weighted by molar-refractivity contribution is 7.91. The van der Waals surface area contributed by atoms with Gasteiger partial charge in [0.05, 0.1) is 6.54 Å². The molecule has 0 saturated carbocycles. The van der Waals surface area contributed by atoms with Crippen LogP contribution in [0.2, 0.25) is 0 Å². The van der Waals surface area contributed by atoms with E-state index in [1.165, 1.54) is 22.2 Å². The van der Waals surface area contributed by atoms with Crippen molar-refractivity contribution in [1.29, 1.82) is 0 Å². The SMILES string of the molecule is O=S(=O)(c1cccs1)N1CCn2c(cc3ccccc32)C1. The number of nitrogens with zero attached hydrogens (tertiary/aromatic N) is 2. The van der Waals surface area contributed by atoms with Crippen molar-refractivity contribution in [2.24, 2.45) is 0 Å². The highest BCUT2D eigenvalue weighted by atomic mass is 32.2. The van der Waals surface area contributed by atoms with Crippen LogP contribution in [0.1, 0.15) is 5.69 Å². The second-order valence-corrected chi connectivity index (χ2v) is 8.23. The molecule has 1 aliphatic rings. The minimum absolute atomic E-state index is 0.423. The van der Waals surface area contributed by atoms with Crippen LogP contribution in [0.25, 0.3) is 10.9 Å². The summed E-state index contributed by atoms with van der Waals surface area (Å²) in [6.07, 6.45) is 0. The molecule has 6 heteroatoms. The van der Waals surface area contributed by atoms with Gasteiger partial charge in [-0.15, -0.1) is 11.3 Å². The van der Waals surface area contributed by atoms with E-state index in [-0.39, 0.29) is 0 Å². The molecule has 4 nitrogen and oxygen atoms in total. The molecule has 0 fully saturated rings. The smallest absolute Gasteiger partial charge is 0.252 e. The highest BCUT2D eigenvalue weighted by Gasteiger charge is 2.29. The van der Waals surface area contributed by atoms with E-state index in [4.69, 9.17) is 0 Å². The van der Waals surface area contributed by atoms with Gasteiger partial charge < -0.3 is 4.57 Å². The first-order valence-electron chi connectivity index (χ1n) is 6.77. The minimum Gasteiger partial charge on any atom is -0.342 e. The Hall–Kier alpha value is -1.63. The number of hydrogen-bond donors (Lipinski definition) is 0. The van der Waals surface area contributed by atoms with Crippen molar-refractivity contribution >= 4 is 32.3 Å². The molecule has 3 aromatic rings. The third-order valence-electron chi connectivity index (χ3n) is 3.90. The lowest BCUT2D eigenvalue weighted by molar-refractivity contribution is 0.346. The second kappa shape index (κ2) is 4.69. The van der Waals surface area contributed by atoms with Crippen LogP contribution < -0.4 is 0 Å². The molecule has 0 aliphatic carbocycles. The molecule has 0 amide bonds.